The highest BCUT2D eigenvalue weighted by molar-refractivity contribution is 6.88. The number of phenols is 1. The Kier molecular flexibility index (Phi) is 7.40. The standard InChI is InChI=1S/C24H39N3O3Si3/c1-18(19(2)33(9,29-31(3,4)5)30-32(6,7)8)16-20-14-15-24(28)23(17-20)27-25-21-12-10-11-13-22(21)26-27/h10-15,17-19,28H,16H2,1-9H3. The van der Waals surface area contributed by atoms with Gasteiger partial charge in [-0.15, -0.1) is 15.0 Å². The van der Waals surface area contributed by atoms with Crippen LogP contribution in [0.25, 0.3) is 16.7 Å². The molecule has 2 aromatic carbocycles. The zero-order chi connectivity index (χ0) is 24.6. The highest BCUT2D eigenvalue weighted by atomic mass is 28.5. The Hall–Kier alpha value is -1.79. The molecule has 0 aliphatic rings. The number of aromatic hydroxyl groups is 1. The zero-order valence-corrected chi connectivity index (χ0v) is 24.5. The van der Waals surface area contributed by atoms with Gasteiger partial charge >= 0.3 is 8.56 Å². The second-order valence-corrected chi connectivity index (χ2v) is 24.2. The number of aromatic nitrogens is 3. The second kappa shape index (κ2) is 9.46. The van der Waals surface area contributed by atoms with E-state index in [0.29, 0.717) is 17.1 Å². The van der Waals surface area contributed by atoms with Crippen molar-refractivity contribution in [3.8, 4) is 11.4 Å². The van der Waals surface area contributed by atoms with Crippen molar-refractivity contribution in [3.63, 3.8) is 0 Å². The van der Waals surface area contributed by atoms with E-state index in [1.165, 1.54) is 4.80 Å². The normalized spacial score (nSPS) is 15.1. The average molecular weight is 502 g/mol. The monoisotopic (exact) mass is 501 g/mol. The summed E-state index contributed by atoms with van der Waals surface area (Å²) >= 11 is 0. The van der Waals surface area contributed by atoms with Crippen molar-refractivity contribution < 1.29 is 13.3 Å². The van der Waals surface area contributed by atoms with Gasteiger partial charge in [-0.3, -0.25) is 0 Å². The van der Waals surface area contributed by atoms with Crippen molar-refractivity contribution in [2.45, 2.75) is 71.6 Å². The Labute approximate surface area is 201 Å². The molecule has 2 unspecified atom stereocenters. The van der Waals surface area contributed by atoms with Crippen molar-refractivity contribution in [3.05, 3.63) is 48.0 Å². The Morgan fingerprint density at radius 1 is 0.848 bits per heavy atom. The van der Waals surface area contributed by atoms with E-state index in [4.69, 9.17) is 8.23 Å². The molecular formula is C24H39N3O3Si3. The molecule has 3 aromatic rings. The number of phenolic OH excluding ortho intramolecular Hbond substituents is 1. The maximum Gasteiger partial charge on any atom is 0.317 e. The van der Waals surface area contributed by atoms with Gasteiger partial charge in [0.15, 0.2) is 16.6 Å². The molecule has 180 valence electrons. The van der Waals surface area contributed by atoms with Gasteiger partial charge in [-0.25, -0.2) is 0 Å². The fourth-order valence-electron chi connectivity index (χ4n) is 4.31. The Balaban J connectivity index is 1.86. The quantitative estimate of drug-likeness (QED) is 0.340. The fraction of sp³-hybridized carbons (Fsp3) is 0.500. The van der Waals surface area contributed by atoms with E-state index in [1.807, 2.05) is 36.4 Å². The van der Waals surface area contributed by atoms with Crippen LogP contribution in [0, 0.1) is 5.92 Å². The van der Waals surface area contributed by atoms with E-state index in [2.05, 4.69) is 69.9 Å². The third kappa shape index (κ3) is 6.63. The third-order valence-electron chi connectivity index (χ3n) is 5.80. The van der Waals surface area contributed by atoms with Gasteiger partial charge in [0, 0.05) is 5.54 Å². The average Bonchev–Trinajstić information content (AvgIpc) is 3.09. The molecule has 1 aromatic heterocycles. The number of fused-ring (bicyclic) bond motifs is 1. The summed E-state index contributed by atoms with van der Waals surface area (Å²) in [5.74, 6) is 0.527. The minimum absolute atomic E-state index is 0.170. The molecule has 0 radical (unpaired) electrons. The van der Waals surface area contributed by atoms with Crippen LogP contribution >= 0.6 is 0 Å². The van der Waals surface area contributed by atoms with Crippen LogP contribution in [-0.4, -0.2) is 45.3 Å². The Bertz CT molecular complexity index is 1060. The molecule has 0 aliphatic heterocycles. The summed E-state index contributed by atoms with van der Waals surface area (Å²) in [6.07, 6.45) is 0.863. The first kappa shape index (κ1) is 25.8. The van der Waals surface area contributed by atoms with E-state index in [-0.39, 0.29) is 5.75 Å². The predicted molar refractivity (Wildman–Crippen MR) is 143 cm³/mol. The summed E-state index contributed by atoms with van der Waals surface area (Å²) in [4.78, 5) is 1.53. The van der Waals surface area contributed by atoms with Gasteiger partial charge in [-0.05, 0) is 88.0 Å². The van der Waals surface area contributed by atoms with E-state index >= 15 is 0 Å². The van der Waals surface area contributed by atoms with Crippen LogP contribution in [0.5, 0.6) is 5.75 Å². The SMILES string of the molecule is CC(Cc1ccc(O)c(-n2nc3ccccc3n2)c1)C(C)[Si](C)(O[Si](C)(C)C)O[Si](C)(C)C. The molecule has 0 bridgehead atoms. The minimum Gasteiger partial charge on any atom is -0.506 e. The fourth-order valence-corrected chi connectivity index (χ4v) is 17.2. The molecule has 6 nitrogen and oxygen atoms in total. The zero-order valence-electron chi connectivity index (χ0n) is 21.5. The van der Waals surface area contributed by atoms with Crippen LogP contribution in [-0.2, 0) is 14.7 Å². The summed E-state index contributed by atoms with van der Waals surface area (Å²) in [7, 11) is -5.94. The van der Waals surface area contributed by atoms with Crippen molar-refractivity contribution in [2.24, 2.45) is 5.92 Å². The van der Waals surface area contributed by atoms with Gasteiger partial charge < -0.3 is 13.3 Å². The van der Waals surface area contributed by atoms with Crippen LogP contribution < -0.4 is 0 Å². The summed E-state index contributed by atoms with van der Waals surface area (Å²) in [5, 5.41) is 19.6. The van der Waals surface area contributed by atoms with Crippen molar-refractivity contribution >= 4 is 36.2 Å². The van der Waals surface area contributed by atoms with Gasteiger partial charge in [-0.1, -0.05) is 32.0 Å². The third-order valence-corrected chi connectivity index (χ3v) is 16.2. The lowest BCUT2D eigenvalue weighted by Crippen LogP contribution is -2.56. The highest BCUT2D eigenvalue weighted by Crippen LogP contribution is 2.37. The first-order valence-corrected chi connectivity index (χ1v) is 20.9. The number of benzene rings is 2. The van der Waals surface area contributed by atoms with Crippen LogP contribution in [0.2, 0.25) is 51.4 Å². The summed E-state index contributed by atoms with van der Waals surface area (Å²) < 4.78 is 13.6. The first-order valence-electron chi connectivity index (χ1n) is 11.7. The molecule has 33 heavy (non-hydrogen) atoms. The van der Waals surface area contributed by atoms with Crippen molar-refractivity contribution in [2.75, 3.05) is 0 Å². The van der Waals surface area contributed by atoms with Crippen LogP contribution in [0.4, 0.5) is 0 Å². The molecule has 0 fully saturated rings. The lowest BCUT2D eigenvalue weighted by atomic mass is 9.98. The van der Waals surface area contributed by atoms with Crippen molar-refractivity contribution in [1.82, 2.24) is 15.0 Å². The Morgan fingerprint density at radius 3 is 1.85 bits per heavy atom. The van der Waals surface area contributed by atoms with Gasteiger partial charge in [-0.2, -0.15) is 0 Å². The molecule has 1 heterocycles. The predicted octanol–water partition coefficient (Wildman–Crippen LogP) is 6.47. The maximum absolute atomic E-state index is 10.5. The number of rotatable bonds is 9. The topological polar surface area (TPSA) is 69.4 Å². The lowest BCUT2D eigenvalue weighted by molar-refractivity contribution is 0.339. The maximum atomic E-state index is 10.5. The van der Waals surface area contributed by atoms with Gasteiger partial charge in [0.2, 0.25) is 0 Å². The van der Waals surface area contributed by atoms with Crippen LogP contribution in [0.3, 0.4) is 0 Å². The minimum atomic E-state index is -2.41. The number of hydrogen-bond acceptors (Lipinski definition) is 5. The molecule has 0 aliphatic carbocycles. The molecule has 0 saturated carbocycles. The molecule has 9 heteroatoms. The molecular weight excluding hydrogens is 463 g/mol. The highest BCUT2D eigenvalue weighted by Gasteiger charge is 2.46. The van der Waals surface area contributed by atoms with Crippen LogP contribution in [0.15, 0.2) is 42.5 Å². The second-order valence-electron chi connectivity index (χ2n) is 11.2. The summed E-state index contributed by atoms with van der Waals surface area (Å²) in [6, 6.07) is 13.4. The molecule has 0 spiro atoms. The van der Waals surface area contributed by atoms with E-state index < -0.39 is 25.2 Å². The van der Waals surface area contributed by atoms with E-state index in [9.17, 15) is 5.11 Å². The largest absolute Gasteiger partial charge is 0.506 e. The number of nitrogens with zero attached hydrogens (tertiary/aromatic N) is 3. The summed E-state index contributed by atoms with van der Waals surface area (Å²) in [6.45, 7) is 20.3. The van der Waals surface area contributed by atoms with E-state index in [1.54, 1.807) is 6.07 Å². The smallest absolute Gasteiger partial charge is 0.317 e. The Morgan fingerprint density at radius 2 is 1.36 bits per heavy atom. The molecule has 2 atom stereocenters. The van der Waals surface area contributed by atoms with Gasteiger partial charge in [0.1, 0.15) is 22.5 Å². The van der Waals surface area contributed by atoms with Gasteiger partial charge in [0.05, 0.1) is 0 Å². The molecule has 0 saturated heterocycles. The number of hydrogen-bond donors (Lipinski definition) is 1. The summed E-state index contributed by atoms with van der Waals surface area (Å²) in [5.41, 5.74) is 3.66. The lowest BCUT2D eigenvalue weighted by Gasteiger charge is -2.44. The molecule has 1 N–H and O–H groups in total. The van der Waals surface area contributed by atoms with Crippen LogP contribution in [0.1, 0.15) is 19.4 Å². The van der Waals surface area contributed by atoms with E-state index in [0.717, 1.165) is 23.0 Å². The first-order chi connectivity index (χ1) is 15.2. The molecule has 3 rings (SSSR count). The van der Waals surface area contributed by atoms with Gasteiger partial charge in [0.25, 0.3) is 0 Å². The van der Waals surface area contributed by atoms with Crippen molar-refractivity contribution in [1.29, 1.82) is 0 Å². The molecule has 0 amide bonds.